The third-order valence-electron chi connectivity index (χ3n) is 7.78. The van der Waals surface area contributed by atoms with Crippen molar-refractivity contribution in [2.45, 2.75) is 125 Å². The lowest BCUT2D eigenvalue weighted by Gasteiger charge is -2.20. The Morgan fingerprint density at radius 2 is 1.06 bits per heavy atom. The van der Waals surface area contributed by atoms with Crippen LogP contribution in [0.5, 0.6) is 11.5 Å². The highest BCUT2D eigenvalue weighted by molar-refractivity contribution is 7.99. The van der Waals surface area contributed by atoms with Gasteiger partial charge in [0.05, 0.1) is 9.79 Å². The number of hydrogen-bond donors (Lipinski definition) is 2. The highest BCUT2D eigenvalue weighted by atomic mass is 32.2. The quantitative estimate of drug-likeness (QED) is 0.366. The molecule has 33 heavy (non-hydrogen) atoms. The van der Waals surface area contributed by atoms with E-state index in [4.69, 9.17) is 0 Å². The summed E-state index contributed by atoms with van der Waals surface area (Å²) in [4.78, 5) is 1.84. The van der Waals surface area contributed by atoms with E-state index in [1.807, 2.05) is 0 Å². The van der Waals surface area contributed by atoms with Crippen LogP contribution in [0, 0.1) is 0 Å². The molecule has 0 spiro atoms. The molecule has 2 fully saturated rings. The molecule has 0 atom stereocenters. The van der Waals surface area contributed by atoms with E-state index in [-0.39, 0.29) is 0 Å². The molecule has 2 saturated carbocycles. The molecule has 0 heterocycles. The Bertz CT molecular complexity index is 848. The number of aromatic hydroxyl groups is 2. The monoisotopic (exact) mass is 466 g/mol. The minimum absolute atomic E-state index is 0.452. The molecule has 3 heteroatoms. The van der Waals surface area contributed by atoms with Gasteiger partial charge in [-0.1, -0.05) is 76.3 Å². The summed E-state index contributed by atoms with van der Waals surface area (Å²) >= 11 is 1.58. The summed E-state index contributed by atoms with van der Waals surface area (Å²) in [5.74, 6) is 1.86. The first-order valence-corrected chi connectivity index (χ1v) is 14.3. The molecule has 0 radical (unpaired) electrons. The van der Waals surface area contributed by atoms with Crippen LogP contribution < -0.4 is 0 Å². The van der Waals surface area contributed by atoms with Crippen LogP contribution in [0.15, 0.2) is 34.1 Å². The van der Waals surface area contributed by atoms with E-state index in [9.17, 15) is 10.2 Å². The van der Waals surface area contributed by atoms with Crippen LogP contribution in [-0.4, -0.2) is 10.2 Å². The van der Waals surface area contributed by atoms with Gasteiger partial charge in [0.2, 0.25) is 0 Å². The molecule has 2 aliphatic rings. The Hall–Kier alpha value is -1.61. The van der Waals surface area contributed by atoms with E-state index >= 15 is 0 Å². The maximum atomic E-state index is 11.3. The molecular weight excluding hydrogens is 424 g/mol. The molecule has 2 nitrogen and oxygen atoms in total. The van der Waals surface area contributed by atoms with Gasteiger partial charge >= 0.3 is 0 Å². The Kier molecular flexibility index (Phi) is 8.68. The lowest BCUT2D eigenvalue weighted by atomic mass is 9.93. The van der Waals surface area contributed by atoms with Crippen molar-refractivity contribution in [1.82, 2.24) is 0 Å². The van der Waals surface area contributed by atoms with Gasteiger partial charge in [-0.2, -0.15) is 0 Å². The Labute approximate surface area is 205 Å². The largest absolute Gasteiger partial charge is 0.506 e. The van der Waals surface area contributed by atoms with Crippen molar-refractivity contribution < 1.29 is 10.2 Å². The summed E-state index contributed by atoms with van der Waals surface area (Å²) in [5, 5.41) is 22.7. The third-order valence-corrected chi connectivity index (χ3v) is 8.84. The molecular formula is C30H42O2S. The van der Waals surface area contributed by atoms with Crippen molar-refractivity contribution in [3.05, 3.63) is 46.5 Å². The third kappa shape index (κ3) is 5.91. The second-order valence-electron chi connectivity index (χ2n) is 10.3. The predicted molar refractivity (Wildman–Crippen MR) is 140 cm³/mol. The Morgan fingerprint density at radius 3 is 1.42 bits per heavy atom. The highest BCUT2D eigenvalue weighted by Crippen LogP contribution is 2.49. The van der Waals surface area contributed by atoms with Crippen LogP contribution >= 0.6 is 11.8 Å². The maximum Gasteiger partial charge on any atom is 0.132 e. The smallest absolute Gasteiger partial charge is 0.132 e. The van der Waals surface area contributed by atoms with Crippen molar-refractivity contribution in [2.24, 2.45) is 0 Å². The van der Waals surface area contributed by atoms with Crippen molar-refractivity contribution in [1.29, 1.82) is 0 Å². The van der Waals surface area contributed by atoms with Gasteiger partial charge in [-0.3, -0.25) is 0 Å². The summed E-state index contributed by atoms with van der Waals surface area (Å²) < 4.78 is 0. The SMILES string of the molecule is CCCCc1cc(Sc2cc(CCCC)cc(C3CCCC3)c2O)c(O)c(C2CCCC2)c1. The second-order valence-corrected chi connectivity index (χ2v) is 11.4. The molecule has 180 valence electrons. The average molecular weight is 467 g/mol. The van der Waals surface area contributed by atoms with Gasteiger partial charge in [0.15, 0.2) is 0 Å². The van der Waals surface area contributed by atoms with Gasteiger partial charge in [-0.15, -0.1) is 0 Å². The summed E-state index contributed by atoms with van der Waals surface area (Å²) in [7, 11) is 0. The van der Waals surface area contributed by atoms with Crippen molar-refractivity contribution >= 4 is 11.8 Å². The number of aryl methyl sites for hydroxylation is 2. The van der Waals surface area contributed by atoms with E-state index in [1.165, 1.54) is 88.2 Å². The first kappa shape index (κ1) is 24.5. The molecule has 0 saturated heterocycles. The van der Waals surface area contributed by atoms with Crippen LogP contribution in [0.25, 0.3) is 0 Å². The van der Waals surface area contributed by atoms with Crippen LogP contribution in [0.2, 0.25) is 0 Å². The Balaban J connectivity index is 1.71. The molecule has 0 aromatic heterocycles. The first-order chi connectivity index (χ1) is 16.1. The molecule has 2 aromatic rings. The predicted octanol–water partition coefficient (Wildman–Crippen LogP) is 9.25. The molecule has 2 aliphatic carbocycles. The molecule has 4 rings (SSSR count). The number of hydrogen-bond acceptors (Lipinski definition) is 3. The minimum atomic E-state index is 0.452. The zero-order valence-electron chi connectivity index (χ0n) is 20.7. The van der Waals surface area contributed by atoms with Crippen LogP contribution in [-0.2, 0) is 12.8 Å². The number of benzene rings is 2. The molecule has 0 unspecified atom stereocenters. The fourth-order valence-electron chi connectivity index (χ4n) is 5.80. The number of phenolic OH excluding ortho intramolecular Hbond substituents is 2. The van der Waals surface area contributed by atoms with Gasteiger partial charge in [0.25, 0.3) is 0 Å². The lowest BCUT2D eigenvalue weighted by Crippen LogP contribution is -1.99. The zero-order chi connectivity index (χ0) is 23.2. The maximum absolute atomic E-state index is 11.3. The normalized spacial score (nSPS) is 17.3. The Morgan fingerprint density at radius 1 is 0.667 bits per heavy atom. The van der Waals surface area contributed by atoms with Crippen LogP contribution in [0.4, 0.5) is 0 Å². The molecule has 2 N–H and O–H groups in total. The van der Waals surface area contributed by atoms with Gasteiger partial charge in [-0.05, 0) is 97.6 Å². The van der Waals surface area contributed by atoms with Crippen molar-refractivity contribution in [3.8, 4) is 11.5 Å². The first-order valence-electron chi connectivity index (χ1n) is 13.5. The highest BCUT2D eigenvalue weighted by Gasteiger charge is 2.25. The van der Waals surface area contributed by atoms with E-state index in [0.717, 1.165) is 33.8 Å². The standard InChI is InChI=1S/C30H42O2S/c1-3-5-11-21-17-25(23-13-7-8-14-23)29(31)27(19-21)33-28-20-22(12-6-4-2)18-26(30(28)32)24-15-9-10-16-24/h17-20,23-24,31-32H,3-16H2,1-2H3. The van der Waals surface area contributed by atoms with Crippen molar-refractivity contribution in [2.75, 3.05) is 0 Å². The zero-order valence-corrected chi connectivity index (χ0v) is 21.5. The topological polar surface area (TPSA) is 40.5 Å². The fraction of sp³-hybridized carbons (Fsp3) is 0.600. The molecule has 2 aromatic carbocycles. The molecule has 0 aliphatic heterocycles. The summed E-state index contributed by atoms with van der Waals surface area (Å²) in [6.45, 7) is 4.47. The van der Waals surface area contributed by atoms with E-state index in [1.54, 1.807) is 11.8 Å². The average Bonchev–Trinajstić information content (AvgIpc) is 3.54. The summed E-state index contributed by atoms with van der Waals surface area (Å²) in [6, 6.07) is 8.90. The van der Waals surface area contributed by atoms with Crippen LogP contribution in [0.3, 0.4) is 0 Å². The van der Waals surface area contributed by atoms with Gasteiger partial charge < -0.3 is 10.2 Å². The molecule has 0 bridgehead atoms. The number of phenols is 2. The van der Waals surface area contributed by atoms with Crippen molar-refractivity contribution in [3.63, 3.8) is 0 Å². The summed E-state index contributed by atoms with van der Waals surface area (Å²) in [5.41, 5.74) is 4.94. The van der Waals surface area contributed by atoms with Gasteiger partial charge in [-0.25, -0.2) is 0 Å². The van der Waals surface area contributed by atoms with Gasteiger partial charge in [0, 0.05) is 0 Å². The van der Waals surface area contributed by atoms with Crippen LogP contribution in [0.1, 0.15) is 125 Å². The number of rotatable bonds is 10. The second kappa shape index (κ2) is 11.7. The van der Waals surface area contributed by atoms with E-state index in [2.05, 4.69) is 38.1 Å². The minimum Gasteiger partial charge on any atom is -0.506 e. The van der Waals surface area contributed by atoms with E-state index < -0.39 is 0 Å². The molecule has 0 amide bonds. The van der Waals surface area contributed by atoms with Gasteiger partial charge in [0.1, 0.15) is 11.5 Å². The van der Waals surface area contributed by atoms with E-state index in [0.29, 0.717) is 23.3 Å². The lowest BCUT2D eigenvalue weighted by molar-refractivity contribution is 0.445. The number of unbranched alkanes of at least 4 members (excludes halogenated alkanes) is 2. The summed E-state index contributed by atoms with van der Waals surface area (Å²) in [6.07, 6.45) is 16.6. The fourth-order valence-corrected chi connectivity index (χ4v) is 6.88.